The van der Waals surface area contributed by atoms with Gasteiger partial charge in [-0.15, -0.1) is 0 Å². The van der Waals surface area contributed by atoms with Gasteiger partial charge in [-0.2, -0.15) is 0 Å². The number of fused-ring (bicyclic) bond motifs is 3. The topological polar surface area (TPSA) is 156 Å². The molecule has 2 saturated heterocycles. The second-order valence-corrected chi connectivity index (χ2v) is 13.3. The molecule has 0 bridgehead atoms. The molecule has 0 unspecified atom stereocenters. The fourth-order valence-corrected chi connectivity index (χ4v) is 8.42. The molecule has 5 rings (SSSR count). The molecule has 12 nitrogen and oxygen atoms in total. The fraction of sp³-hybridized carbons (Fsp3) is 0.806. The average molecular weight is 609 g/mol. The lowest BCUT2D eigenvalue weighted by Gasteiger charge is -2.65. The molecule has 0 aromatic carbocycles. The van der Waals surface area contributed by atoms with Gasteiger partial charge in [-0.25, -0.2) is 4.79 Å². The lowest BCUT2D eigenvalue weighted by Crippen LogP contribution is -2.74. The van der Waals surface area contributed by atoms with Gasteiger partial charge >= 0.3 is 23.9 Å². The third-order valence-corrected chi connectivity index (χ3v) is 11.0. The summed E-state index contributed by atoms with van der Waals surface area (Å²) in [5.41, 5.74) is -4.80. The molecule has 0 aromatic heterocycles. The molecule has 2 saturated carbocycles. The van der Waals surface area contributed by atoms with Gasteiger partial charge in [-0.3, -0.25) is 14.4 Å². The third kappa shape index (κ3) is 4.93. The Hall–Kier alpha value is -2.70. The highest BCUT2D eigenvalue weighted by Crippen LogP contribution is 2.70. The summed E-state index contributed by atoms with van der Waals surface area (Å²) in [6.07, 6.45) is 1.03. The molecule has 43 heavy (non-hydrogen) atoms. The van der Waals surface area contributed by atoms with Crippen molar-refractivity contribution >= 4 is 23.9 Å². The molecule has 1 spiro atoms. The highest BCUT2D eigenvalue weighted by atomic mass is 16.7. The van der Waals surface area contributed by atoms with Crippen LogP contribution in [0.3, 0.4) is 0 Å². The number of carbonyl (C=O) groups excluding carboxylic acids is 4. The van der Waals surface area contributed by atoms with Crippen molar-refractivity contribution in [2.45, 2.75) is 116 Å². The third-order valence-electron chi connectivity index (χ3n) is 11.0. The number of carbonyl (C=O) groups is 4. The van der Waals surface area contributed by atoms with Gasteiger partial charge in [0.1, 0.15) is 18.3 Å². The van der Waals surface area contributed by atoms with E-state index >= 15 is 0 Å². The zero-order chi connectivity index (χ0) is 31.5. The van der Waals surface area contributed by atoms with Crippen LogP contribution in [0, 0.1) is 28.6 Å². The van der Waals surface area contributed by atoms with Crippen LogP contribution in [-0.2, 0) is 52.3 Å². The van der Waals surface area contributed by atoms with Crippen LogP contribution in [0.5, 0.6) is 0 Å². The van der Waals surface area contributed by atoms with Crippen LogP contribution >= 0.6 is 0 Å². The first kappa shape index (κ1) is 31.7. The van der Waals surface area contributed by atoms with Gasteiger partial charge in [0.15, 0.2) is 6.10 Å². The lowest BCUT2D eigenvalue weighted by atomic mass is 9.41. The average Bonchev–Trinajstić information content (AvgIpc) is 3.40. The van der Waals surface area contributed by atoms with Gasteiger partial charge in [0.25, 0.3) is 0 Å². The Morgan fingerprint density at radius 1 is 1.05 bits per heavy atom. The van der Waals surface area contributed by atoms with E-state index in [1.54, 1.807) is 13.2 Å². The van der Waals surface area contributed by atoms with Crippen molar-refractivity contribution < 1.29 is 57.4 Å². The maximum atomic E-state index is 13.6. The van der Waals surface area contributed by atoms with Crippen molar-refractivity contribution in [1.82, 2.24) is 0 Å². The summed E-state index contributed by atoms with van der Waals surface area (Å²) in [6, 6.07) is 0. The zero-order valence-electron chi connectivity index (χ0n) is 26.0. The molecule has 3 aliphatic heterocycles. The zero-order valence-corrected chi connectivity index (χ0v) is 26.0. The SMILES string of the molecule is CC[C@@](C)(OC(C)=O)C(=O)O[C@H]1[C@H](O)C[C@@H]2[C@](C)([C@H]3C[C@H]4C=CO[C@@H]4O3)[C@@H](C)C[C@H](OC(C)=O)[C@@]2(COC(C)=O)[C@@]12CO2. The van der Waals surface area contributed by atoms with Crippen LogP contribution in [0.25, 0.3) is 0 Å². The van der Waals surface area contributed by atoms with Crippen LogP contribution in [-0.4, -0.2) is 84.1 Å². The van der Waals surface area contributed by atoms with Crippen molar-refractivity contribution in [3.63, 3.8) is 0 Å². The molecule has 12 heteroatoms. The second kappa shape index (κ2) is 11.0. The Kier molecular flexibility index (Phi) is 8.13. The molecule has 3 heterocycles. The number of hydrogen-bond donors (Lipinski definition) is 1. The molecule has 4 fully saturated rings. The Morgan fingerprint density at radius 3 is 2.30 bits per heavy atom. The number of esters is 4. The van der Waals surface area contributed by atoms with E-state index in [-0.39, 0.29) is 44.0 Å². The van der Waals surface area contributed by atoms with Gasteiger partial charge in [0.05, 0.1) is 30.5 Å². The first-order valence-electron chi connectivity index (χ1n) is 15.2. The summed E-state index contributed by atoms with van der Waals surface area (Å²) in [7, 11) is 0. The van der Waals surface area contributed by atoms with E-state index in [0.29, 0.717) is 12.8 Å². The first-order chi connectivity index (χ1) is 20.1. The van der Waals surface area contributed by atoms with E-state index in [1.165, 1.54) is 27.7 Å². The van der Waals surface area contributed by atoms with Crippen molar-refractivity contribution in [2.75, 3.05) is 13.2 Å². The van der Waals surface area contributed by atoms with E-state index in [4.69, 9.17) is 33.2 Å². The molecule has 0 aromatic rings. The largest absolute Gasteiger partial charge is 0.472 e. The highest BCUT2D eigenvalue weighted by molar-refractivity contribution is 5.82. The maximum Gasteiger partial charge on any atom is 0.350 e. The second-order valence-electron chi connectivity index (χ2n) is 13.3. The highest BCUT2D eigenvalue weighted by Gasteiger charge is 2.81. The lowest BCUT2D eigenvalue weighted by molar-refractivity contribution is -0.285. The maximum absolute atomic E-state index is 13.6. The van der Waals surface area contributed by atoms with Crippen LogP contribution < -0.4 is 0 Å². The van der Waals surface area contributed by atoms with Crippen LogP contribution in [0.1, 0.15) is 74.1 Å². The van der Waals surface area contributed by atoms with Crippen LogP contribution in [0.2, 0.25) is 0 Å². The minimum atomic E-state index is -1.60. The Labute approximate surface area is 251 Å². The molecule has 0 radical (unpaired) electrons. The van der Waals surface area contributed by atoms with E-state index in [9.17, 15) is 24.3 Å². The molecular formula is C31H44O12. The number of epoxide rings is 1. The summed E-state index contributed by atoms with van der Waals surface area (Å²) in [4.78, 5) is 50.3. The van der Waals surface area contributed by atoms with E-state index in [1.807, 2.05) is 6.08 Å². The normalized spacial score (nSPS) is 43.9. The fourth-order valence-electron chi connectivity index (χ4n) is 8.42. The first-order valence-corrected chi connectivity index (χ1v) is 15.2. The predicted molar refractivity (Wildman–Crippen MR) is 147 cm³/mol. The minimum absolute atomic E-state index is 0.0566. The molecular weight excluding hydrogens is 564 g/mol. The monoisotopic (exact) mass is 608 g/mol. The molecule has 240 valence electrons. The number of ether oxygens (including phenoxy) is 7. The van der Waals surface area contributed by atoms with Gasteiger partial charge in [0.2, 0.25) is 11.9 Å². The van der Waals surface area contributed by atoms with E-state index < -0.39 is 76.4 Å². The Morgan fingerprint density at radius 2 is 1.74 bits per heavy atom. The number of aliphatic hydroxyl groups is 1. The predicted octanol–water partition coefficient (Wildman–Crippen LogP) is 2.58. The van der Waals surface area contributed by atoms with Gasteiger partial charge in [0, 0.05) is 32.1 Å². The van der Waals surface area contributed by atoms with Gasteiger partial charge < -0.3 is 38.3 Å². The van der Waals surface area contributed by atoms with Crippen LogP contribution in [0.4, 0.5) is 0 Å². The summed E-state index contributed by atoms with van der Waals surface area (Å²) in [5, 5.41) is 11.8. The van der Waals surface area contributed by atoms with Crippen molar-refractivity contribution in [1.29, 1.82) is 0 Å². The molecule has 5 aliphatic rings. The van der Waals surface area contributed by atoms with Crippen LogP contribution in [0.15, 0.2) is 12.3 Å². The summed E-state index contributed by atoms with van der Waals surface area (Å²) < 4.78 is 41.5. The summed E-state index contributed by atoms with van der Waals surface area (Å²) in [5.74, 6) is -2.99. The minimum Gasteiger partial charge on any atom is -0.472 e. The Bertz CT molecular complexity index is 1180. The van der Waals surface area contributed by atoms with Crippen molar-refractivity contribution in [3.05, 3.63) is 12.3 Å². The molecule has 2 aliphatic carbocycles. The number of rotatable bonds is 8. The van der Waals surface area contributed by atoms with Crippen molar-refractivity contribution in [2.24, 2.45) is 28.6 Å². The molecule has 0 amide bonds. The van der Waals surface area contributed by atoms with Gasteiger partial charge in [-0.05, 0) is 50.5 Å². The Balaban J connectivity index is 1.61. The van der Waals surface area contributed by atoms with Crippen molar-refractivity contribution in [3.8, 4) is 0 Å². The summed E-state index contributed by atoms with van der Waals surface area (Å²) >= 11 is 0. The smallest absolute Gasteiger partial charge is 0.350 e. The van der Waals surface area contributed by atoms with Gasteiger partial charge in [-0.1, -0.05) is 20.8 Å². The molecule has 1 N–H and O–H groups in total. The molecule has 12 atom stereocenters. The van der Waals surface area contributed by atoms with E-state index in [0.717, 1.165) is 0 Å². The standard InChI is InChI=1S/C31H44O12/c1-8-28(6,43-19(5)34)27(36)42-25-21(35)13-22-29(7,23-12-20-9-10-37-26(20)41-23)16(2)11-24(40-18(4)33)30(22,14-38-17(3)32)31(25)15-39-31/h9-10,16,20-26,35H,8,11-15H2,1-7H3/t16-,20+,21+,22+,23+,24-,25-,26+,28+,29+,30-,31+/m0/s1. The van der Waals surface area contributed by atoms with E-state index in [2.05, 4.69) is 13.8 Å². The number of aliphatic hydroxyl groups excluding tert-OH is 1. The quantitative estimate of drug-likeness (QED) is 0.244. The summed E-state index contributed by atoms with van der Waals surface area (Å²) in [6.45, 7) is 11.0. The number of hydrogen-bond acceptors (Lipinski definition) is 12.